The second kappa shape index (κ2) is 4.75. The molecular formula is C11H13FO. The van der Waals surface area contributed by atoms with Crippen molar-refractivity contribution < 1.29 is 9.18 Å². The van der Waals surface area contributed by atoms with Crippen molar-refractivity contribution in [2.24, 2.45) is 0 Å². The number of rotatable bonds is 4. The van der Waals surface area contributed by atoms with Crippen LogP contribution in [0.25, 0.3) is 0 Å². The zero-order chi connectivity index (χ0) is 9.68. The number of Topliss-reactive ketones (excluding diaryl/α,β-unsaturated/α-hetero) is 1. The quantitative estimate of drug-likeness (QED) is 0.696. The molecule has 0 N–H and O–H groups in total. The Morgan fingerprint density at radius 3 is 2.69 bits per heavy atom. The van der Waals surface area contributed by atoms with Crippen LogP contribution in [-0.2, 0) is 11.2 Å². The molecule has 1 aromatic carbocycles. The number of carbonyl (C=O) groups is 1. The van der Waals surface area contributed by atoms with Gasteiger partial charge in [-0.1, -0.05) is 18.2 Å². The highest BCUT2D eigenvalue weighted by Gasteiger charge is 2.00. The first-order valence-corrected chi connectivity index (χ1v) is 4.43. The summed E-state index contributed by atoms with van der Waals surface area (Å²) in [6.07, 6.45) is 1.91. The first-order chi connectivity index (χ1) is 6.20. The average molecular weight is 180 g/mol. The molecule has 0 fully saturated rings. The Balaban J connectivity index is 2.45. The maximum absolute atomic E-state index is 13.0. The zero-order valence-electron chi connectivity index (χ0n) is 7.72. The summed E-state index contributed by atoms with van der Waals surface area (Å²) in [4.78, 5) is 10.6. The van der Waals surface area contributed by atoms with E-state index in [1.807, 2.05) is 6.07 Å². The molecule has 0 amide bonds. The van der Waals surface area contributed by atoms with Gasteiger partial charge in [-0.3, -0.25) is 0 Å². The maximum Gasteiger partial charge on any atom is 0.129 e. The van der Waals surface area contributed by atoms with Crippen molar-refractivity contribution in [1.82, 2.24) is 0 Å². The first-order valence-electron chi connectivity index (χ1n) is 4.43. The van der Waals surface area contributed by atoms with Crippen molar-refractivity contribution >= 4 is 5.78 Å². The van der Waals surface area contributed by atoms with Crippen LogP contribution in [0.4, 0.5) is 4.39 Å². The molecule has 0 heterocycles. The standard InChI is InChI=1S/C11H13FO/c1-9(13)5-4-7-10-6-2-3-8-11(10)12/h2-3,6,8H,4-5,7H2,1H3. The first kappa shape index (κ1) is 9.90. The van der Waals surface area contributed by atoms with Gasteiger partial charge in [0.1, 0.15) is 11.6 Å². The van der Waals surface area contributed by atoms with Gasteiger partial charge in [-0.05, 0) is 31.4 Å². The molecule has 0 aromatic heterocycles. The number of halogens is 1. The van der Waals surface area contributed by atoms with E-state index >= 15 is 0 Å². The van der Waals surface area contributed by atoms with Gasteiger partial charge in [0.25, 0.3) is 0 Å². The van der Waals surface area contributed by atoms with E-state index in [-0.39, 0.29) is 11.6 Å². The van der Waals surface area contributed by atoms with E-state index in [9.17, 15) is 9.18 Å². The summed E-state index contributed by atoms with van der Waals surface area (Å²) in [5.41, 5.74) is 0.698. The molecule has 13 heavy (non-hydrogen) atoms. The Hall–Kier alpha value is -1.18. The molecule has 1 aromatic rings. The molecule has 0 unspecified atom stereocenters. The molecule has 2 heteroatoms. The smallest absolute Gasteiger partial charge is 0.129 e. The molecule has 0 atom stereocenters. The maximum atomic E-state index is 13.0. The fourth-order valence-corrected chi connectivity index (χ4v) is 1.23. The van der Waals surface area contributed by atoms with E-state index < -0.39 is 0 Å². The van der Waals surface area contributed by atoms with E-state index in [1.165, 1.54) is 6.07 Å². The molecule has 70 valence electrons. The number of aryl methyl sites for hydroxylation is 1. The van der Waals surface area contributed by atoms with Crippen LogP contribution in [0.5, 0.6) is 0 Å². The summed E-state index contributed by atoms with van der Waals surface area (Å²) >= 11 is 0. The van der Waals surface area contributed by atoms with E-state index in [0.29, 0.717) is 18.4 Å². The Morgan fingerprint density at radius 2 is 2.08 bits per heavy atom. The van der Waals surface area contributed by atoms with Gasteiger partial charge in [-0.25, -0.2) is 4.39 Å². The van der Waals surface area contributed by atoms with Crippen molar-refractivity contribution in [2.45, 2.75) is 26.2 Å². The Bertz CT molecular complexity index is 294. The normalized spacial score (nSPS) is 10.0. The molecule has 0 saturated carbocycles. The number of benzene rings is 1. The topological polar surface area (TPSA) is 17.1 Å². The van der Waals surface area contributed by atoms with Gasteiger partial charge >= 0.3 is 0 Å². The van der Waals surface area contributed by atoms with Crippen LogP contribution in [0.2, 0.25) is 0 Å². The summed E-state index contributed by atoms with van der Waals surface area (Å²) < 4.78 is 13.0. The summed E-state index contributed by atoms with van der Waals surface area (Å²) in [7, 11) is 0. The van der Waals surface area contributed by atoms with Crippen molar-refractivity contribution in [3.8, 4) is 0 Å². The predicted octanol–water partition coefficient (Wildman–Crippen LogP) is 2.74. The lowest BCUT2D eigenvalue weighted by Crippen LogP contribution is -1.94. The number of hydrogen-bond donors (Lipinski definition) is 0. The van der Waals surface area contributed by atoms with E-state index in [0.717, 1.165) is 6.42 Å². The Kier molecular flexibility index (Phi) is 3.62. The largest absolute Gasteiger partial charge is 0.300 e. The summed E-state index contributed by atoms with van der Waals surface area (Å²) in [6.45, 7) is 1.56. The van der Waals surface area contributed by atoms with Crippen molar-refractivity contribution in [1.29, 1.82) is 0 Å². The van der Waals surface area contributed by atoms with Crippen LogP contribution < -0.4 is 0 Å². The average Bonchev–Trinajstić information content (AvgIpc) is 2.08. The monoisotopic (exact) mass is 180 g/mol. The molecule has 0 bridgehead atoms. The third kappa shape index (κ3) is 3.36. The van der Waals surface area contributed by atoms with Crippen LogP contribution in [-0.4, -0.2) is 5.78 Å². The van der Waals surface area contributed by atoms with Crippen molar-refractivity contribution in [3.63, 3.8) is 0 Å². The van der Waals surface area contributed by atoms with Crippen molar-refractivity contribution in [2.75, 3.05) is 0 Å². The molecular weight excluding hydrogens is 167 g/mol. The second-order valence-electron chi connectivity index (χ2n) is 3.15. The van der Waals surface area contributed by atoms with Crippen LogP contribution >= 0.6 is 0 Å². The highest BCUT2D eigenvalue weighted by molar-refractivity contribution is 5.75. The van der Waals surface area contributed by atoms with Gasteiger partial charge in [0.2, 0.25) is 0 Å². The van der Waals surface area contributed by atoms with Crippen LogP contribution in [0.3, 0.4) is 0 Å². The minimum absolute atomic E-state index is 0.163. The van der Waals surface area contributed by atoms with Gasteiger partial charge in [-0.15, -0.1) is 0 Å². The van der Waals surface area contributed by atoms with Crippen LogP contribution in [0, 0.1) is 5.82 Å². The minimum atomic E-state index is -0.175. The van der Waals surface area contributed by atoms with Crippen LogP contribution in [0.1, 0.15) is 25.3 Å². The molecule has 0 aliphatic carbocycles. The zero-order valence-corrected chi connectivity index (χ0v) is 7.72. The fourth-order valence-electron chi connectivity index (χ4n) is 1.23. The third-order valence-electron chi connectivity index (χ3n) is 1.93. The van der Waals surface area contributed by atoms with E-state index in [1.54, 1.807) is 19.1 Å². The molecule has 0 saturated heterocycles. The summed E-state index contributed by atoms with van der Waals surface area (Å²) in [6, 6.07) is 6.69. The Labute approximate surface area is 77.6 Å². The highest BCUT2D eigenvalue weighted by atomic mass is 19.1. The van der Waals surface area contributed by atoms with Crippen LogP contribution in [0.15, 0.2) is 24.3 Å². The molecule has 0 radical (unpaired) electrons. The van der Waals surface area contributed by atoms with E-state index in [4.69, 9.17) is 0 Å². The number of carbonyl (C=O) groups excluding carboxylic acids is 1. The van der Waals surface area contributed by atoms with Gasteiger partial charge in [0.15, 0.2) is 0 Å². The Morgan fingerprint density at radius 1 is 1.38 bits per heavy atom. The van der Waals surface area contributed by atoms with Gasteiger partial charge < -0.3 is 4.79 Å². The highest BCUT2D eigenvalue weighted by Crippen LogP contribution is 2.09. The van der Waals surface area contributed by atoms with Gasteiger partial charge in [-0.2, -0.15) is 0 Å². The van der Waals surface area contributed by atoms with Gasteiger partial charge in [0.05, 0.1) is 0 Å². The predicted molar refractivity (Wildman–Crippen MR) is 50.0 cm³/mol. The second-order valence-corrected chi connectivity index (χ2v) is 3.15. The minimum Gasteiger partial charge on any atom is -0.300 e. The fraction of sp³-hybridized carbons (Fsp3) is 0.364. The molecule has 0 aliphatic heterocycles. The molecule has 1 rings (SSSR count). The summed E-state index contributed by atoms with van der Waals surface area (Å²) in [5, 5.41) is 0. The van der Waals surface area contributed by atoms with E-state index in [2.05, 4.69) is 0 Å². The lowest BCUT2D eigenvalue weighted by Gasteiger charge is -2.00. The lowest BCUT2D eigenvalue weighted by molar-refractivity contribution is -0.117. The molecule has 0 aliphatic rings. The summed E-state index contributed by atoms with van der Waals surface area (Å²) in [5.74, 6) is -0.0117. The molecule has 1 nitrogen and oxygen atoms in total. The SMILES string of the molecule is CC(=O)CCCc1ccccc1F. The molecule has 0 spiro atoms. The lowest BCUT2D eigenvalue weighted by atomic mass is 10.1. The third-order valence-corrected chi connectivity index (χ3v) is 1.93. The number of hydrogen-bond acceptors (Lipinski definition) is 1. The number of ketones is 1. The van der Waals surface area contributed by atoms with Gasteiger partial charge in [0, 0.05) is 6.42 Å². The van der Waals surface area contributed by atoms with Crippen molar-refractivity contribution in [3.05, 3.63) is 35.6 Å².